The molecule has 2 aliphatic rings. The predicted molar refractivity (Wildman–Crippen MR) is 57.5 cm³/mol. The summed E-state index contributed by atoms with van der Waals surface area (Å²) in [5, 5.41) is 11.7. The van der Waals surface area contributed by atoms with Gasteiger partial charge in [-0.15, -0.1) is 0 Å². The number of carbonyl (C=O) groups excluding carboxylic acids is 2. The average molecular weight is 226 g/mol. The molecular weight excluding hydrogens is 208 g/mol. The minimum atomic E-state index is -0.541. The van der Waals surface area contributed by atoms with Gasteiger partial charge in [-0.1, -0.05) is 0 Å². The van der Waals surface area contributed by atoms with Gasteiger partial charge in [0.25, 0.3) is 0 Å². The summed E-state index contributed by atoms with van der Waals surface area (Å²) < 4.78 is 0. The van der Waals surface area contributed by atoms with Crippen LogP contribution < -0.4 is 5.32 Å². The average Bonchev–Trinajstić information content (AvgIpc) is 2.99. The Kier molecular flexibility index (Phi) is 3.14. The van der Waals surface area contributed by atoms with Gasteiger partial charge in [-0.3, -0.25) is 9.59 Å². The summed E-state index contributed by atoms with van der Waals surface area (Å²) >= 11 is 0. The van der Waals surface area contributed by atoms with Crippen LogP contribution in [-0.4, -0.2) is 47.1 Å². The maximum absolute atomic E-state index is 11.7. The molecule has 0 bridgehead atoms. The summed E-state index contributed by atoms with van der Waals surface area (Å²) in [7, 11) is 0. The lowest BCUT2D eigenvalue weighted by atomic mass is 10.1. The first-order valence-electron chi connectivity index (χ1n) is 5.83. The normalized spacial score (nSPS) is 27.0. The first kappa shape index (κ1) is 11.4. The van der Waals surface area contributed by atoms with Gasteiger partial charge in [-0.2, -0.15) is 0 Å². The third-order valence-electron chi connectivity index (χ3n) is 3.09. The largest absolute Gasteiger partial charge is 0.392 e. The molecule has 0 aromatic carbocycles. The highest BCUT2D eigenvalue weighted by atomic mass is 16.3. The second-order valence-corrected chi connectivity index (χ2v) is 4.77. The van der Waals surface area contributed by atoms with Crippen molar-refractivity contribution in [2.75, 3.05) is 13.1 Å². The number of hydrogen-bond acceptors (Lipinski definition) is 3. The number of nitrogens with one attached hydrogen (secondary N) is 1. The molecule has 2 amide bonds. The molecule has 2 rings (SSSR count). The second-order valence-electron chi connectivity index (χ2n) is 4.77. The fourth-order valence-electron chi connectivity index (χ4n) is 2.04. The summed E-state index contributed by atoms with van der Waals surface area (Å²) in [5.74, 6) is -0.246. The lowest BCUT2D eigenvalue weighted by Crippen LogP contribution is -2.37. The molecule has 0 radical (unpaired) electrons. The smallest absolute Gasteiger partial charge is 0.225 e. The lowest BCUT2D eigenvalue weighted by Gasteiger charge is -2.15. The molecule has 2 fully saturated rings. The highest BCUT2D eigenvalue weighted by molar-refractivity contribution is 5.89. The highest BCUT2D eigenvalue weighted by Crippen LogP contribution is 2.32. The van der Waals surface area contributed by atoms with Gasteiger partial charge >= 0.3 is 0 Å². The Morgan fingerprint density at radius 2 is 2.31 bits per heavy atom. The summed E-state index contributed by atoms with van der Waals surface area (Å²) in [4.78, 5) is 25.1. The Bertz CT molecular complexity index is 300. The van der Waals surface area contributed by atoms with Crippen molar-refractivity contribution in [3.05, 3.63) is 0 Å². The third-order valence-corrected chi connectivity index (χ3v) is 3.09. The standard InChI is InChI=1S/C11H18N2O3/c1-7(14)5-12-11(16)8-4-10(15)13(6-8)9-2-3-9/h7-9,14H,2-6H2,1H3,(H,12,16). The van der Waals surface area contributed by atoms with Crippen LogP contribution in [0.25, 0.3) is 0 Å². The molecule has 90 valence electrons. The van der Waals surface area contributed by atoms with Crippen molar-refractivity contribution in [2.24, 2.45) is 5.92 Å². The van der Waals surface area contributed by atoms with Crippen molar-refractivity contribution in [1.82, 2.24) is 10.2 Å². The number of amides is 2. The van der Waals surface area contributed by atoms with E-state index in [9.17, 15) is 9.59 Å². The van der Waals surface area contributed by atoms with E-state index >= 15 is 0 Å². The molecule has 16 heavy (non-hydrogen) atoms. The quantitative estimate of drug-likeness (QED) is 0.678. The topological polar surface area (TPSA) is 69.6 Å². The molecule has 0 spiro atoms. The van der Waals surface area contributed by atoms with Crippen LogP contribution in [0.4, 0.5) is 0 Å². The van der Waals surface area contributed by atoms with Gasteiger partial charge < -0.3 is 15.3 Å². The first-order valence-corrected chi connectivity index (χ1v) is 5.83. The molecule has 1 heterocycles. The van der Waals surface area contributed by atoms with Crippen LogP contribution in [0, 0.1) is 5.92 Å². The van der Waals surface area contributed by atoms with Gasteiger partial charge in [-0.05, 0) is 19.8 Å². The van der Waals surface area contributed by atoms with Crippen molar-refractivity contribution in [2.45, 2.75) is 38.3 Å². The van der Waals surface area contributed by atoms with Crippen LogP contribution in [0.1, 0.15) is 26.2 Å². The Hall–Kier alpha value is -1.10. The van der Waals surface area contributed by atoms with E-state index in [4.69, 9.17) is 5.11 Å². The maximum Gasteiger partial charge on any atom is 0.225 e. The zero-order valence-electron chi connectivity index (χ0n) is 9.48. The van der Waals surface area contributed by atoms with Crippen molar-refractivity contribution in [1.29, 1.82) is 0 Å². The number of nitrogens with zero attached hydrogens (tertiary/aromatic N) is 1. The van der Waals surface area contributed by atoms with E-state index in [1.807, 2.05) is 4.90 Å². The van der Waals surface area contributed by atoms with E-state index < -0.39 is 6.10 Å². The van der Waals surface area contributed by atoms with Crippen LogP contribution in [0.3, 0.4) is 0 Å². The Balaban J connectivity index is 1.82. The van der Waals surface area contributed by atoms with Crippen LogP contribution in [0.5, 0.6) is 0 Å². The fraction of sp³-hybridized carbons (Fsp3) is 0.818. The summed E-state index contributed by atoms with van der Waals surface area (Å²) in [6, 6.07) is 0.391. The molecular formula is C11H18N2O3. The Labute approximate surface area is 94.8 Å². The van der Waals surface area contributed by atoms with Gasteiger partial charge in [0.05, 0.1) is 12.0 Å². The molecule has 1 saturated carbocycles. The fourth-order valence-corrected chi connectivity index (χ4v) is 2.04. The molecule has 1 saturated heterocycles. The van der Waals surface area contributed by atoms with Crippen LogP contribution >= 0.6 is 0 Å². The lowest BCUT2D eigenvalue weighted by molar-refractivity contribution is -0.129. The highest BCUT2D eigenvalue weighted by Gasteiger charge is 2.41. The van der Waals surface area contributed by atoms with Gasteiger partial charge in [0.2, 0.25) is 11.8 Å². The number of hydrogen-bond donors (Lipinski definition) is 2. The molecule has 0 aromatic rings. The predicted octanol–water partition coefficient (Wildman–Crippen LogP) is -0.506. The monoisotopic (exact) mass is 226 g/mol. The van der Waals surface area contributed by atoms with Crippen molar-refractivity contribution < 1.29 is 14.7 Å². The maximum atomic E-state index is 11.7. The number of carbonyl (C=O) groups is 2. The number of rotatable bonds is 4. The van der Waals surface area contributed by atoms with Gasteiger partial charge in [0.15, 0.2) is 0 Å². The molecule has 5 heteroatoms. The molecule has 2 N–H and O–H groups in total. The number of aliphatic hydroxyl groups is 1. The molecule has 1 aliphatic heterocycles. The first-order chi connectivity index (χ1) is 7.58. The van der Waals surface area contributed by atoms with Crippen molar-refractivity contribution in [3.8, 4) is 0 Å². The summed E-state index contributed by atoms with van der Waals surface area (Å²) in [6.45, 7) is 2.43. The minimum absolute atomic E-state index is 0.0969. The Morgan fingerprint density at radius 1 is 1.62 bits per heavy atom. The molecule has 2 atom stereocenters. The number of aliphatic hydroxyl groups excluding tert-OH is 1. The third kappa shape index (κ3) is 2.52. The minimum Gasteiger partial charge on any atom is -0.392 e. The van der Waals surface area contributed by atoms with Crippen molar-refractivity contribution >= 4 is 11.8 Å². The van der Waals surface area contributed by atoms with E-state index in [0.717, 1.165) is 12.8 Å². The van der Waals surface area contributed by atoms with Gasteiger partial charge in [0.1, 0.15) is 0 Å². The van der Waals surface area contributed by atoms with Crippen LogP contribution in [0.2, 0.25) is 0 Å². The zero-order valence-corrected chi connectivity index (χ0v) is 9.48. The van der Waals surface area contributed by atoms with Crippen LogP contribution in [0.15, 0.2) is 0 Å². The van der Waals surface area contributed by atoms with E-state index in [0.29, 0.717) is 19.0 Å². The summed E-state index contributed by atoms with van der Waals surface area (Å²) in [6.07, 6.45) is 1.93. The van der Waals surface area contributed by atoms with Crippen molar-refractivity contribution in [3.63, 3.8) is 0 Å². The molecule has 1 aliphatic carbocycles. The molecule has 2 unspecified atom stereocenters. The van der Waals surface area contributed by atoms with E-state index in [1.54, 1.807) is 6.92 Å². The molecule has 0 aromatic heterocycles. The summed E-state index contributed by atoms with van der Waals surface area (Å²) in [5.41, 5.74) is 0. The Morgan fingerprint density at radius 3 is 2.88 bits per heavy atom. The molecule has 5 nitrogen and oxygen atoms in total. The zero-order chi connectivity index (χ0) is 11.7. The van der Waals surface area contributed by atoms with Gasteiger partial charge in [0, 0.05) is 25.6 Å². The van der Waals surface area contributed by atoms with E-state index in [1.165, 1.54) is 0 Å². The van der Waals surface area contributed by atoms with E-state index in [-0.39, 0.29) is 24.3 Å². The second kappa shape index (κ2) is 4.41. The van der Waals surface area contributed by atoms with Gasteiger partial charge in [-0.25, -0.2) is 0 Å². The van der Waals surface area contributed by atoms with Crippen LogP contribution in [-0.2, 0) is 9.59 Å². The van der Waals surface area contributed by atoms with E-state index in [2.05, 4.69) is 5.32 Å². The SMILES string of the molecule is CC(O)CNC(=O)C1CC(=O)N(C2CC2)C1. The number of likely N-dealkylation sites (tertiary alicyclic amines) is 1.